The third kappa shape index (κ3) is 4.19. The molecule has 1 heterocycles. The first kappa shape index (κ1) is 15.3. The molecule has 1 aliphatic rings. The van der Waals surface area contributed by atoms with Gasteiger partial charge in [-0.15, -0.1) is 0 Å². The lowest BCUT2D eigenvalue weighted by molar-refractivity contribution is -0.126. The molecule has 0 aromatic carbocycles. The Morgan fingerprint density at radius 3 is 3.00 bits per heavy atom. The summed E-state index contributed by atoms with van der Waals surface area (Å²) in [6.07, 6.45) is 5.43. The average Bonchev–Trinajstić information content (AvgIpc) is 2.47. The van der Waals surface area contributed by atoms with E-state index in [-0.39, 0.29) is 23.9 Å². The summed E-state index contributed by atoms with van der Waals surface area (Å²) in [4.78, 5) is 16.4. The van der Waals surface area contributed by atoms with Crippen molar-refractivity contribution in [3.8, 4) is 6.07 Å². The van der Waals surface area contributed by atoms with Gasteiger partial charge in [0.25, 0.3) is 0 Å². The number of carbonyl (C=O) groups is 1. The fourth-order valence-electron chi connectivity index (χ4n) is 2.77. The first-order valence-corrected chi connectivity index (χ1v) is 7.52. The van der Waals surface area contributed by atoms with Crippen molar-refractivity contribution < 1.29 is 4.79 Å². The second-order valence-electron chi connectivity index (χ2n) is 5.88. The van der Waals surface area contributed by atoms with Crippen molar-refractivity contribution in [2.75, 3.05) is 5.32 Å². The molecule has 1 saturated carbocycles. The molecule has 2 unspecified atom stereocenters. The van der Waals surface area contributed by atoms with Crippen molar-refractivity contribution in [3.63, 3.8) is 0 Å². The Kier molecular flexibility index (Phi) is 5.15. The van der Waals surface area contributed by atoms with Crippen LogP contribution in [0.25, 0.3) is 0 Å². The second-order valence-corrected chi connectivity index (χ2v) is 5.88. The van der Waals surface area contributed by atoms with Crippen LogP contribution in [0.2, 0.25) is 0 Å². The molecule has 0 spiro atoms. The lowest BCUT2D eigenvalue weighted by Crippen LogP contribution is -2.40. The third-order valence-electron chi connectivity index (χ3n) is 3.74. The molecule has 1 aromatic rings. The van der Waals surface area contributed by atoms with Gasteiger partial charge < -0.3 is 10.6 Å². The van der Waals surface area contributed by atoms with Gasteiger partial charge in [-0.1, -0.05) is 6.42 Å². The van der Waals surface area contributed by atoms with Gasteiger partial charge in [-0.3, -0.25) is 4.79 Å². The van der Waals surface area contributed by atoms with Crippen LogP contribution >= 0.6 is 0 Å². The van der Waals surface area contributed by atoms with E-state index in [1.807, 2.05) is 13.8 Å². The lowest BCUT2D eigenvalue weighted by Gasteiger charge is -2.30. The molecule has 1 amide bonds. The van der Waals surface area contributed by atoms with Gasteiger partial charge in [-0.05, 0) is 45.2 Å². The molecule has 1 fully saturated rings. The van der Waals surface area contributed by atoms with Gasteiger partial charge in [0.05, 0.1) is 5.56 Å². The normalized spacial score (nSPS) is 21.6. The number of nitrogens with one attached hydrogen (secondary N) is 2. The van der Waals surface area contributed by atoms with Crippen molar-refractivity contribution in [2.45, 2.75) is 51.6 Å². The van der Waals surface area contributed by atoms with Gasteiger partial charge in [0.1, 0.15) is 11.9 Å². The molecule has 2 N–H and O–H groups in total. The minimum atomic E-state index is 0.0490. The van der Waals surface area contributed by atoms with Crippen LogP contribution in [0.15, 0.2) is 18.3 Å². The van der Waals surface area contributed by atoms with Gasteiger partial charge in [0.2, 0.25) is 5.91 Å². The Hall–Kier alpha value is -2.09. The molecule has 1 aliphatic carbocycles. The SMILES string of the molecule is CC(C)NC(=O)C1CCCC(Nc2ncccc2C#N)C1. The van der Waals surface area contributed by atoms with E-state index in [0.717, 1.165) is 25.7 Å². The van der Waals surface area contributed by atoms with Crippen LogP contribution in [0.3, 0.4) is 0 Å². The van der Waals surface area contributed by atoms with Crippen LogP contribution in [-0.4, -0.2) is 23.0 Å². The summed E-state index contributed by atoms with van der Waals surface area (Å²) < 4.78 is 0. The standard InChI is InChI=1S/C16H22N4O/c1-11(2)19-16(21)12-5-3-7-14(9-12)20-15-13(10-17)6-4-8-18-15/h4,6,8,11-12,14H,3,5,7,9H2,1-2H3,(H,18,20)(H,19,21). The molecule has 0 saturated heterocycles. The van der Waals surface area contributed by atoms with E-state index in [0.29, 0.717) is 11.4 Å². The molecule has 5 nitrogen and oxygen atoms in total. The van der Waals surface area contributed by atoms with E-state index in [4.69, 9.17) is 5.26 Å². The highest BCUT2D eigenvalue weighted by Gasteiger charge is 2.27. The molecular formula is C16H22N4O. The molecule has 5 heteroatoms. The summed E-state index contributed by atoms with van der Waals surface area (Å²) in [5, 5.41) is 15.4. The van der Waals surface area contributed by atoms with Gasteiger partial charge in [0.15, 0.2) is 0 Å². The van der Waals surface area contributed by atoms with Gasteiger partial charge >= 0.3 is 0 Å². The third-order valence-corrected chi connectivity index (χ3v) is 3.74. The zero-order chi connectivity index (χ0) is 15.2. The highest BCUT2D eigenvalue weighted by Crippen LogP contribution is 2.27. The van der Waals surface area contributed by atoms with Crippen LogP contribution < -0.4 is 10.6 Å². The fourth-order valence-corrected chi connectivity index (χ4v) is 2.77. The number of rotatable bonds is 4. The summed E-state index contributed by atoms with van der Waals surface area (Å²) in [6.45, 7) is 3.95. The minimum Gasteiger partial charge on any atom is -0.366 e. The maximum Gasteiger partial charge on any atom is 0.223 e. The number of hydrogen-bond acceptors (Lipinski definition) is 4. The molecule has 0 radical (unpaired) electrons. The molecule has 2 rings (SSSR count). The van der Waals surface area contributed by atoms with Crippen molar-refractivity contribution in [3.05, 3.63) is 23.9 Å². The highest BCUT2D eigenvalue weighted by molar-refractivity contribution is 5.79. The lowest BCUT2D eigenvalue weighted by atomic mass is 9.85. The van der Waals surface area contributed by atoms with Crippen molar-refractivity contribution in [1.29, 1.82) is 5.26 Å². The van der Waals surface area contributed by atoms with Crippen LogP contribution in [0.1, 0.15) is 45.1 Å². The number of pyridine rings is 1. The van der Waals surface area contributed by atoms with Crippen LogP contribution in [0.5, 0.6) is 0 Å². The molecule has 21 heavy (non-hydrogen) atoms. The summed E-state index contributed by atoms with van der Waals surface area (Å²) in [5.74, 6) is 0.806. The van der Waals surface area contributed by atoms with Crippen LogP contribution in [0.4, 0.5) is 5.82 Å². The van der Waals surface area contributed by atoms with Gasteiger partial charge in [-0.2, -0.15) is 5.26 Å². The highest BCUT2D eigenvalue weighted by atomic mass is 16.1. The summed E-state index contributed by atoms with van der Waals surface area (Å²) in [5.41, 5.74) is 0.547. The van der Waals surface area contributed by atoms with E-state index in [2.05, 4.69) is 21.7 Å². The predicted octanol–water partition coefficient (Wildman–Crippen LogP) is 2.45. The molecular weight excluding hydrogens is 264 g/mol. The zero-order valence-electron chi connectivity index (χ0n) is 12.6. The number of aromatic nitrogens is 1. The van der Waals surface area contributed by atoms with Gasteiger partial charge in [0, 0.05) is 24.2 Å². The average molecular weight is 286 g/mol. The Labute approximate surface area is 125 Å². The van der Waals surface area contributed by atoms with Crippen LogP contribution in [-0.2, 0) is 4.79 Å². The Morgan fingerprint density at radius 2 is 2.29 bits per heavy atom. The Balaban J connectivity index is 1.98. The number of amides is 1. The largest absolute Gasteiger partial charge is 0.366 e. The quantitative estimate of drug-likeness (QED) is 0.891. The molecule has 112 valence electrons. The number of nitriles is 1. The predicted molar refractivity (Wildman–Crippen MR) is 81.6 cm³/mol. The smallest absolute Gasteiger partial charge is 0.223 e. The van der Waals surface area contributed by atoms with E-state index in [9.17, 15) is 4.79 Å². The van der Waals surface area contributed by atoms with Crippen molar-refractivity contribution in [1.82, 2.24) is 10.3 Å². The summed E-state index contributed by atoms with van der Waals surface area (Å²) in [6, 6.07) is 6.02. The number of nitrogens with zero attached hydrogens (tertiary/aromatic N) is 2. The van der Waals surface area contributed by atoms with E-state index < -0.39 is 0 Å². The first-order valence-electron chi connectivity index (χ1n) is 7.52. The second kappa shape index (κ2) is 7.07. The van der Waals surface area contributed by atoms with E-state index in [1.165, 1.54) is 0 Å². The minimum absolute atomic E-state index is 0.0490. The maximum absolute atomic E-state index is 12.1. The fraction of sp³-hybridized carbons (Fsp3) is 0.562. The van der Waals surface area contributed by atoms with Crippen molar-refractivity contribution >= 4 is 11.7 Å². The van der Waals surface area contributed by atoms with Gasteiger partial charge in [-0.25, -0.2) is 4.98 Å². The Morgan fingerprint density at radius 1 is 1.48 bits per heavy atom. The topological polar surface area (TPSA) is 77.8 Å². The molecule has 0 aliphatic heterocycles. The van der Waals surface area contributed by atoms with Crippen LogP contribution in [0, 0.1) is 17.2 Å². The molecule has 1 aromatic heterocycles. The monoisotopic (exact) mass is 286 g/mol. The molecule has 0 bridgehead atoms. The number of carbonyl (C=O) groups excluding carboxylic acids is 1. The number of anilines is 1. The summed E-state index contributed by atoms with van der Waals surface area (Å²) >= 11 is 0. The first-order chi connectivity index (χ1) is 10.1. The zero-order valence-corrected chi connectivity index (χ0v) is 12.6. The number of hydrogen-bond donors (Lipinski definition) is 2. The van der Waals surface area contributed by atoms with Crippen molar-refractivity contribution in [2.24, 2.45) is 5.92 Å². The Bertz CT molecular complexity index is 535. The summed E-state index contributed by atoms with van der Waals surface area (Å²) in [7, 11) is 0. The molecule has 2 atom stereocenters. The maximum atomic E-state index is 12.1. The van der Waals surface area contributed by atoms with E-state index in [1.54, 1.807) is 18.3 Å². The van der Waals surface area contributed by atoms with E-state index >= 15 is 0 Å².